The molecule has 0 aliphatic heterocycles. The number of hydrogen-bond acceptors (Lipinski definition) is 5. The molecule has 0 saturated heterocycles. The first kappa shape index (κ1) is 11.1. The summed E-state index contributed by atoms with van der Waals surface area (Å²) in [5, 5.41) is 7.36. The Labute approximate surface area is 82.3 Å². The molecule has 0 bridgehead atoms. The van der Waals surface area contributed by atoms with Gasteiger partial charge < -0.3 is 5.73 Å². The lowest BCUT2D eigenvalue weighted by Crippen LogP contribution is -2.36. The van der Waals surface area contributed by atoms with Crippen LogP contribution in [-0.4, -0.2) is 37.7 Å². The molecule has 0 fully saturated rings. The lowest BCUT2D eigenvalue weighted by atomic mass is 10.4. The lowest BCUT2D eigenvalue weighted by molar-refractivity contribution is 0.363. The SMILES string of the molecule is CN(C)NS(=O)(=O)c1[nH]ncc1CN. The van der Waals surface area contributed by atoms with Crippen molar-refractivity contribution in [3.63, 3.8) is 0 Å². The summed E-state index contributed by atoms with van der Waals surface area (Å²) in [6.07, 6.45) is 1.39. The Morgan fingerprint density at radius 2 is 2.29 bits per heavy atom. The van der Waals surface area contributed by atoms with Crippen LogP contribution in [0.15, 0.2) is 11.2 Å². The van der Waals surface area contributed by atoms with Gasteiger partial charge in [-0.2, -0.15) is 5.10 Å². The molecule has 8 heteroatoms. The van der Waals surface area contributed by atoms with E-state index >= 15 is 0 Å². The van der Waals surface area contributed by atoms with E-state index in [4.69, 9.17) is 5.73 Å². The van der Waals surface area contributed by atoms with Gasteiger partial charge in [0.1, 0.15) is 0 Å². The van der Waals surface area contributed by atoms with Crippen LogP contribution in [0.5, 0.6) is 0 Å². The fraction of sp³-hybridized carbons (Fsp3) is 0.500. The Morgan fingerprint density at radius 1 is 1.64 bits per heavy atom. The molecule has 1 aromatic heterocycles. The second-order valence-electron chi connectivity index (χ2n) is 2.92. The molecule has 0 aliphatic carbocycles. The average Bonchev–Trinajstić information content (AvgIpc) is 2.48. The maximum Gasteiger partial charge on any atom is 0.270 e. The van der Waals surface area contributed by atoms with Crippen LogP contribution in [-0.2, 0) is 16.6 Å². The van der Waals surface area contributed by atoms with Crippen molar-refractivity contribution >= 4 is 10.0 Å². The zero-order chi connectivity index (χ0) is 10.8. The minimum absolute atomic E-state index is 0.00806. The van der Waals surface area contributed by atoms with Crippen molar-refractivity contribution in [3.05, 3.63) is 11.8 Å². The quantitative estimate of drug-likeness (QED) is 0.542. The van der Waals surface area contributed by atoms with E-state index in [2.05, 4.69) is 15.0 Å². The number of nitrogens with zero attached hydrogens (tertiary/aromatic N) is 2. The van der Waals surface area contributed by atoms with Crippen molar-refractivity contribution in [3.8, 4) is 0 Å². The van der Waals surface area contributed by atoms with E-state index in [-0.39, 0.29) is 11.6 Å². The highest BCUT2D eigenvalue weighted by Crippen LogP contribution is 2.10. The number of rotatable bonds is 4. The standard InChI is InChI=1S/C6H13N5O2S/c1-11(2)10-14(12,13)6-5(3-7)4-8-9-6/h4,10H,3,7H2,1-2H3,(H,8,9). The Balaban J connectivity index is 3.04. The van der Waals surface area contributed by atoms with Gasteiger partial charge in [0.25, 0.3) is 10.0 Å². The van der Waals surface area contributed by atoms with Gasteiger partial charge in [-0.3, -0.25) is 5.10 Å². The van der Waals surface area contributed by atoms with Crippen LogP contribution >= 0.6 is 0 Å². The van der Waals surface area contributed by atoms with E-state index in [1.165, 1.54) is 11.2 Å². The summed E-state index contributed by atoms with van der Waals surface area (Å²) in [5.74, 6) is 0. The van der Waals surface area contributed by atoms with Crippen molar-refractivity contribution in [2.75, 3.05) is 14.1 Å². The van der Waals surface area contributed by atoms with E-state index < -0.39 is 10.0 Å². The maximum absolute atomic E-state index is 11.6. The molecule has 0 aliphatic rings. The van der Waals surface area contributed by atoms with Crippen LogP contribution in [0.25, 0.3) is 0 Å². The first-order valence-electron chi connectivity index (χ1n) is 3.89. The van der Waals surface area contributed by atoms with Gasteiger partial charge >= 0.3 is 0 Å². The van der Waals surface area contributed by atoms with Gasteiger partial charge in [-0.05, 0) is 0 Å². The zero-order valence-electron chi connectivity index (χ0n) is 7.98. The zero-order valence-corrected chi connectivity index (χ0v) is 8.80. The topological polar surface area (TPSA) is 104 Å². The highest BCUT2D eigenvalue weighted by atomic mass is 32.2. The number of aromatic nitrogens is 2. The molecule has 0 amide bonds. The van der Waals surface area contributed by atoms with Gasteiger partial charge in [-0.15, -0.1) is 4.83 Å². The van der Waals surface area contributed by atoms with Crippen LogP contribution in [0.2, 0.25) is 0 Å². The molecule has 0 saturated carbocycles. The summed E-state index contributed by atoms with van der Waals surface area (Å²) in [5.41, 5.74) is 5.81. The molecule has 0 spiro atoms. The molecule has 1 aromatic rings. The largest absolute Gasteiger partial charge is 0.326 e. The average molecular weight is 219 g/mol. The monoisotopic (exact) mass is 219 g/mol. The Morgan fingerprint density at radius 3 is 2.79 bits per heavy atom. The summed E-state index contributed by atoms with van der Waals surface area (Å²) in [4.78, 5) is 2.27. The summed E-state index contributed by atoms with van der Waals surface area (Å²) in [6, 6.07) is 0. The van der Waals surface area contributed by atoms with Crippen molar-refractivity contribution in [1.82, 2.24) is 20.0 Å². The fourth-order valence-electron chi connectivity index (χ4n) is 0.963. The molecule has 0 atom stereocenters. The number of hydrogen-bond donors (Lipinski definition) is 3. The number of nitrogens with two attached hydrogens (primary N) is 1. The number of aromatic amines is 1. The Hall–Kier alpha value is -0.960. The van der Waals surface area contributed by atoms with E-state index in [9.17, 15) is 8.42 Å². The van der Waals surface area contributed by atoms with Gasteiger partial charge in [0.15, 0.2) is 5.03 Å². The first-order chi connectivity index (χ1) is 6.47. The lowest BCUT2D eigenvalue weighted by Gasteiger charge is -2.11. The minimum Gasteiger partial charge on any atom is -0.326 e. The molecule has 0 radical (unpaired) electrons. The minimum atomic E-state index is -3.58. The molecule has 4 N–H and O–H groups in total. The van der Waals surface area contributed by atoms with Crippen LogP contribution in [0.3, 0.4) is 0 Å². The van der Waals surface area contributed by atoms with Gasteiger partial charge in [0.2, 0.25) is 0 Å². The molecule has 1 heterocycles. The van der Waals surface area contributed by atoms with Crippen LogP contribution in [0.1, 0.15) is 5.56 Å². The maximum atomic E-state index is 11.6. The van der Waals surface area contributed by atoms with Crippen LogP contribution in [0.4, 0.5) is 0 Å². The van der Waals surface area contributed by atoms with Crippen molar-refractivity contribution in [2.24, 2.45) is 5.73 Å². The van der Waals surface area contributed by atoms with E-state index in [1.54, 1.807) is 14.1 Å². The molecule has 0 aromatic carbocycles. The summed E-state index contributed by atoms with van der Waals surface area (Å²) in [7, 11) is -0.422. The summed E-state index contributed by atoms with van der Waals surface area (Å²) in [6.45, 7) is 0.125. The van der Waals surface area contributed by atoms with Gasteiger partial charge in [-0.25, -0.2) is 13.4 Å². The molecule has 7 nitrogen and oxygen atoms in total. The van der Waals surface area contributed by atoms with Crippen molar-refractivity contribution in [2.45, 2.75) is 11.6 Å². The summed E-state index contributed by atoms with van der Waals surface area (Å²) >= 11 is 0. The number of hydrazine groups is 1. The van der Waals surface area contributed by atoms with E-state index in [1.807, 2.05) is 0 Å². The van der Waals surface area contributed by atoms with E-state index in [0.717, 1.165) is 0 Å². The van der Waals surface area contributed by atoms with E-state index in [0.29, 0.717) is 5.56 Å². The smallest absolute Gasteiger partial charge is 0.270 e. The molecule has 80 valence electrons. The second-order valence-corrected chi connectivity index (χ2v) is 4.52. The van der Waals surface area contributed by atoms with Gasteiger partial charge in [0.05, 0.1) is 6.20 Å². The Bertz CT molecular complexity index is 396. The number of H-pyrrole nitrogens is 1. The predicted molar refractivity (Wildman–Crippen MR) is 50.5 cm³/mol. The predicted octanol–water partition coefficient (Wildman–Crippen LogP) is -1.38. The first-order valence-corrected chi connectivity index (χ1v) is 5.38. The second kappa shape index (κ2) is 4.05. The number of nitrogens with one attached hydrogen (secondary N) is 2. The molecular weight excluding hydrogens is 206 g/mol. The third kappa shape index (κ3) is 2.29. The summed E-state index contributed by atoms with van der Waals surface area (Å²) < 4.78 is 23.2. The highest BCUT2D eigenvalue weighted by molar-refractivity contribution is 7.89. The van der Waals surface area contributed by atoms with Gasteiger partial charge in [0, 0.05) is 26.2 Å². The molecular formula is C6H13N5O2S. The molecule has 14 heavy (non-hydrogen) atoms. The van der Waals surface area contributed by atoms with Crippen molar-refractivity contribution < 1.29 is 8.42 Å². The molecule has 0 unspecified atom stereocenters. The van der Waals surface area contributed by atoms with Crippen LogP contribution < -0.4 is 10.6 Å². The molecule has 1 rings (SSSR count). The highest BCUT2D eigenvalue weighted by Gasteiger charge is 2.20. The van der Waals surface area contributed by atoms with Gasteiger partial charge in [-0.1, -0.05) is 0 Å². The normalized spacial score (nSPS) is 12.3. The number of sulfonamides is 1. The third-order valence-electron chi connectivity index (χ3n) is 1.47. The fourth-order valence-corrected chi connectivity index (χ4v) is 2.19. The van der Waals surface area contributed by atoms with Crippen molar-refractivity contribution in [1.29, 1.82) is 0 Å². The third-order valence-corrected chi connectivity index (χ3v) is 2.97. The Kier molecular flexibility index (Phi) is 3.21. The van der Waals surface area contributed by atoms with Crippen LogP contribution in [0, 0.1) is 0 Å².